The van der Waals surface area contributed by atoms with Gasteiger partial charge in [0.1, 0.15) is 5.82 Å². The predicted octanol–water partition coefficient (Wildman–Crippen LogP) is 2.84. The zero-order valence-electron chi connectivity index (χ0n) is 11.1. The van der Waals surface area contributed by atoms with E-state index >= 15 is 0 Å². The molecule has 0 fully saturated rings. The Balaban J connectivity index is 2.38. The lowest BCUT2D eigenvalue weighted by Crippen LogP contribution is -2.07. The number of thioether (sulfide) groups is 1. The number of carboxylic acids is 1. The Kier molecular flexibility index (Phi) is 4.39. The van der Waals surface area contributed by atoms with Crippen molar-refractivity contribution < 1.29 is 14.3 Å². The second-order valence-electron chi connectivity index (χ2n) is 4.46. The summed E-state index contributed by atoms with van der Waals surface area (Å²) < 4.78 is 14.8. The second-order valence-corrected chi connectivity index (χ2v) is 5.40. The topological polar surface area (TPSA) is 68.0 Å². The van der Waals surface area contributed by atoms with E-state index in [2.05, 4.69) is 10.2 Å². The van der Waals surface area contributed by atoms with Crippen LogP contribution in [-0.2, 0) is 4.79 Å². The Hall–Kier alpha value is -1.89. The molecule has 0 spiro atoms. The summed E-state index contributed by atoms with van der Waals surface area (Å²) in [6.07, 6.45) is 0. The first kappa shape index (κ1) is 14.5. The van der Waals surface area contributed by atoms with Crippen molar-refractivity contribution in [1.82, 2.24) is 14.8 Å². The molecular weight excluding hydrogens is 281 g/mol. The average molecular weight is 295 g/mol. The molecule has 2 aromatic rings. The highest BCUT2D eigenvalue weighted by Gasteiger charge is 2.17. The fourth-order valence-corrected chi connectivity index (χ4v) is 2.55. The standard InChI is InChI=1S/C13H14FN3O2S/c1-8(2)17-12(9-3-5-10(14)6-4-9)15-16-13(17)20-7-11(18)19/h3-6,8H,7H2,1-2H3,(H,18,19). The minimum atomic E-state index is -0.906. The second kappa shape index (κ2) is 6.04. The highest BCUT2D eigenvalue weighted by atomic mass is 32.2. The molecule has 1 aromatic heterocycles. The Morgan fingerprint density at radius 3 is 2.55 bits per heavy atom. The van der Waals surface area contributed by atoms with Crippen molar-refractivity contribution >= 4 is 17.7 Å². The molecule has 0 saturated carbocycles. The van der Waals surface area contributed by atoms with Gasteiger partial charge in [0.05, 0.1) is 5.75 Å². The summed E-state index contributed by atoms with van der Waals surface area (Å²) in [6.45, 7) is 3.92. The molecule has 106 valence electrons. The Morgan fingerprint density at radius 2 is 2.00 bits per heavy atom. The third kappa shape index (κ3) is 3.16. The van der Waals surface area contributed by atoms with E-state index in [1.807, 2.05) is 18.4 Å². The van der Waals surface area contributed by atoms with E-state index in [9.17, 15) is 9.18 Å². The molecule has 0 amide bonds. The molecule has 0 bridgehead atoms. The van der Waals surface area contributed by atoms with Crippen LogP contribution in [0.4, 0.5) is 4.39 Å². The fraction of sp³-hybridized carbons (Fsp3) is 0.308. The minimum Gasteiger partial charge on any atom is -0.481 e. The first-order chi connectivity index (χ1) is 9.49. The lowest BCUT2D eigenvalue weighted by atomic mass is 10.2. The van der Waals surface area contributed by atoms with Gasteiger partial charge in [0.2, 0.25) is 0 Å². The summed E-state index contributed by atoms with van der Waals surface area (Å²) in [5.74, 6) is -0.691. The Bertz CT molecular complexity index is 611. The van der Waals surface area contributed by atoms with Gasteiger partial charge in [-0.3, -0.25) is 9.36 Å². The van der Waals surface area contributed by atoms with Crippen molar-refractivity contribution in [3.05, 3.63) is 30.1 Å². The molecule has 0 atom stereocenters. The third-order valence-corrected chi connectivity index (χ3v) is 3.54. The normalized spacial score (nSPS) is 11.0. The number of rotatable bonds is 5. The van der Waals surface area contributed by atoms with Crippen molar-refractivity contribution in [3.8, 4) is 11.4 Å². The number of carboxylic acid groups (broad SMARTS) is 1. The van der Waals surface area contributed by atoms with Crippen molar-refractivity contribution in [2.75, 3.05) is 5.75 Å². The van der Waals surface area contributed by atoms with Gasteiger partial charge >= 0.3 is 5.97 Å². The maximum absolute atomic E-state index is 13.0. The van der Waals surface area contributed by atoms with Gasteiger partial charge in [0.25, 0.3) is 0 Å². The number of aliphatic carboxylic acids is 1. The largest absolute Gasteiger partial charge is 0.481 e. The van der Waals surface area contributed by atoms with Gasteiger partial charge in [-0.15, -0.1) is 10.2 Å². The van der Waals surface area contributed by atoms with Gasteiger partial charge in [0, 0.05) is 11.6 Å². The molecule has 0 aliphatic carbocycles. The minimum absolute atomic E-state index is 0.0707. The first-order valence-corrected chi connectivity index (χ1v) is 7.03. The van der Waals surface area contributed by atoms with Crippen molar-refractivity contribution in [3.63, 3.8) is 0 Å². The van der Waals surface area contributed by atoms with Crippen LogP contribution in [-0.4, -0.2) is 31.6 Å². The molecule has 0 saturated heterocycles. The molecule has 0 aliphatic heterocycles. The summed E-state index contributed by atoms with van der Waals surface area (Å²) in [6, 6.07) is 6.05. The molecule has 2 rings (SSSR count). The van der Waals surface area contributed by atoms with Crippen LogP contribution >= 0.6 is 11.8 Å². The number of halogens is 1. The van der Waals surface area contributed by atoms with Crippen LogP contribution in [0.15, 0.2) is 29.4 Å². The van der Waals surface area contributed by atoms with E-state index in [0.717, 1.165) is 17.3 Å². The van der Waals surface area contributed by atoms with Gasteiger partial charge in [-0.1, -0.05) is 11.8 Å². The van der Waals surface area contributed by atoms with Crippen LogP contribution in [0.2, 0.25) is 0 Å². The van der Waals surface area contributed by atoms with E-state index in [1.165, 1.54) is 12.1 Å². The van der Waals surface area contributed by atoms with Crippen LogP contribution in [0.1, 0.15) is 19.9 Å². The van der Waals surface area contributed by atoms with E-state index in [4.69, 9.17) is 5.11 Å². The number of benzene rings is 1. The molecule has 1 heterocycles. The first-order valence-electron chi connectivity index (χ1n) is 6.04. The van der Waals surface area contributed by atoms with Crippen molar-refractivity contribution in [2.24, 2.45) is 0 Å². The molecular formula is C13H14FN3O2S. The van der Waals surface area contributed by atoms with Crippen molar-refractivity contribution in [1.29, 1.82) is 0 Å². The zero-order valence-corrected chi connectivity index (χ0v) is 11.9. The molecule has 5 nitrogen and oxygen atoms in total. The van der Waals surface area contributed by atoms with E-state index in [-0.39, 0.29) is 17.6 Å². The zero-order chi connectivity index (χ0) is 14.7. The monoisotopic (exact) mass is 295 g/mol. The summed E-state index contributed by atoms with van der Waals surface area (Å²) >= 11 is 1.12. The number of carbonyl (C=O) groups is 1. The van der Waals surface area contributed by atoms with Crippen LogP contribution in [0.5, 0.6) is 0 Å². The van der Waals surface area contributed by atoms with Gasteiger partial charge < -0.3 is 5.11 Å². The highest BCUT2D eigenvalue weighted by Crippen LogP contribution is 2.27. The molecule has 0 unspecified atom stereocenters. The Morgan fingerprint density at radius 1 is 1.35 bits per heavy atom. The molecule has 0 radical (unpaired) electrons. The average Bonchev–Trinajstić information content (AvgIpc) is 2.81. The summed E-state index contributed by atoms with van der Waals surface area (Å²) in [5.41, 5.74) is 0.745. The fourth-order valence-electron chi connectivity index (χ4n) is 1.76. The lowest BCUT2D eigenvalue weighted by molar-refractivity contribution is -0.133. The van der Waals surface area contributed by atoms with Crippen LogP contribution in [0.25, 0.3) is 11.4 Å². The highest BCUT2D eigenvalue weighted by molar-refractivity contribution is 7.99. The summed E-state index contributed by atoms with van der Waals surface area (Å²) in [7, 11) is 0. The van der Waals surface area contributed by atoms with Crippen molar-refractivity contribution in [2.45, 2.75) is 25.0 Å². The van der Waals surface area contributed by atoms with Gasteiger partial charge in [-0.05, 0) is 38.1 Å². The maximum Gasteiger partial charge on any atom is 0.313 e. The molecule has 1 N–H and O–H groups in total. The molecule has 7 heteroatoms. The third-order valence-electron chi connectivity index (χ3n) is 2.61. The van der Waals surface area contributed by atoms with Gasteiger partial charge in [-0.2, -0.15) is 0 Å². The molecule has 0 aliphatic rings. The number of hydrogen-bond donors (Lipinski definition) is 1. The van der Waals surface area contributed by atoms with E-state index in [0.29, 0.717) is 11.0 Å². The van der Waals surface area contributed by atoms with Crippen LogP contribution in [0, 0.1) is 5.82 Å². The maximum atomic E-state index is 13.0. The Labute approximate surface area is 119 Å². The number of hydrogen-bond acceptors (Lipinski definition) is 4. The SMILES string of the molecule is CC(C)n1c(SCC(=O)O)nnc1-c1ccc(F)cc1. The van der Waals surface area contributed by atoms with Gasteiger partial charge in [-0.25, -0.2) is 4.39 Å². The lowest BCUT2D eigenvalue weighted by Gasteiger charge is -2.13. The van der Waals surface area contributed by atoms with Crippen LogP contribution < -0.4 is 0 Å². The smallest absolute Gasteiger partial charge is 0.313 e. The van der Waals surface area contributed by atoms with Crippen LogP contribution in [0.3, 0.4) is 0 Å². The molecule has 1 aromatic carbocycles. The predicted molar refractivity (Wildman–Crippen MR) is 74.2 cm³/mol. The number of nitrogens with zero attached hydrogens (tertiary/aromatic N) is 3. The number of aromatic nitrogens is 3. The van der Waals surface area contributed by atoms with E-state index in [1.54, 1.807) is 12.1 Å². The van der Waals surface area contributed by atoms with E-state index < -0.39 is 5.97 Å². The summed E-state index contributed by atoms with van der Waals surface area (Å²) in [4.78, 5) is 10.6. The van der Waals surface area contributed by atoms with Gasteiger partial charge in [0.15, 0.2) is 11.0 Å². The summed E-state index contributed by atoms with van der Waals surface area (Å²) in [5, 5.41) is 17.4. The molecule has 20 heavy (non-hydrogen) atoms. The quantitative estimate of drug-likeness (QED) is 0.859.